The number of tetrazole rings is 1. The second-order valence-corrected chi connectivity index (χ2v) is 5.14. The smallest absolute Gasteiger partial charge is 0.188 e. The minimum Gasteiger partial charge on any atom is -0.496 e. The lowest BCUT2D eigenvalue weighted by Gasteiger charge is -2.21. The summed E-state index contributed by atoms with van der Waals surface area (Å²) in [4.78, 5) is 0. The lowest BCUT2D eigenvalue weighted by molar-refractivity contribution is 0.126. The Morgan fingerprint density at radius 1 is 1.29 bits per heavy atom. The Hall–Kier alpha value is -2.15. The molecule has 0 fully saturated rings. The van der Waals surface area contributed by atoms with Crippen LogP contribution in [0.15, 0.2) is 18.2 Å². The molecule has 1 unspecified atom stereocenters. The lowest BCUT2D eigenvalue weighted by atomic mass is 10.0. The van der Waals surface area contributed by atoms with Gasteiger partial charge in [0.05, 0.1) is 25.3 Å². The summed E-state index contributed by atoms with van der Waals surface area (Å²) in [6, 6.07) is 5.49. The van der Waals surface area contributed by atoms with Crippen LogP contribution in [0.4, 0.5) is 5.69 Å². The summed E-state index contributed by atoms with van der Waals surface area (Å²) in [6.07, 6.45) is 0. The van der Waals surface area contributed by atoms with Crippen molar-refractivity contribution in [1.29, 1.82) is 0 Å². The zero-order valence-corrected chi connectivity index (χ0v) is 12.8. The maximum Gasteiger partial charge on any atom is 0.188 e. The molecule has 1 heterocycles. The second-order valence-electron chi connectivity index (χ2n) is 5.14. The number of nitrogens with zero attached hydrogens (tertiary/aromatic N) is 4. The van der Waals surface area contributed by atoms with E-state index in [2.05, 4.69) is 29.4 Å². The fraction of sp³-hybridized carbons (Fsp3) is 0.500. The molecule has 7 heteroatoms. The van der Waals surface area contributed by atoms with Gasteiger partial charge in [-0.2, -0.15) is 0 Å². The number of hydrogen-bond donors (Lipinski definition) is 1. The molecule has 0 aliphatic rings. The van der Waals surface area contributed by atoms with E-state index < -0.39 is 0 Å². The molecule has 0 spiro atoms. The van der Waals surface area contributed by atoms with Gasteiger partial charge in [-0.05, 0) is 28.5 Å². The van der Waals surface area contributed by atoms with E-state index in [9.17, 15) is 0 Å². The number of nitrogen functional groups attached to an aromatic ring is 1. The topological polar surface area (TPSA) is 88.1 Å². The van der Waals surface area contributed by atoms with Crippen molar-refractivity contribution in [2.75, 3.05) is 26.6 Å². The number of methoxy groups -OCH3 is 2. The standard InChI is InChI=1S/C14H21N5O2/c1-9(2)11(8-20-3)19-14(16-17-18-19)13-10(15)6-5-7-12(13)21-4/h5-7,9,11H,8,15H2,1-4H3. The highest BCUT2D eigenvalue weighted by molar-refractivity contribution is 5.77. The van der Waals surface area contributed by atoms with Gasteiger partial charge in [0.2, 0.25) is 0 Å². The van der Waals surface area contributed by atoms with Crippen molar-refractivity contribution >= 4 is 5.69 Å². The predicted octanol–water partition coefficient (Wildman–Crippen LogP) is 1.77. The van der Waals surface area contributed by atoms with Crippen molar-refractivity contribution in [3.05, 3.63) is 18.2 Å². The highest BCUT2D eigenvalue weighted by atomic mass is 16.5. The normalized spacial score (nSPS) is 12.6. The molecule has 0 aliphatic heterocycles. The highest BCUT2D eigenvalue weighted by Crippen LogP contribution is 2.35. The van der Waals surface area contributed by atoms with Gasteiger partial charge in [0.1, 0.15) is 5.75 Å². The molecule has 0 saturated carbocycles. The molecule has 0 amide bonds. The molecule has 0 radical (unpaired) electrons. The van der Waals surface area contributed by atoms with Gasteiger partial charge in [-0.1, -0.05) is 19.9 Å². The Morgan fingerprint density at radius 2 is 2.05 bits per heavy atom. The van der Waals surface area contributed by atoms with Crippen molar-refractivity contribution in [3.8, 4) is 17.1 Å². The fourth-order valence-electron chi connectivity index (χ4n) is 2.26. The maximum atomic E-state index is 6.09. The van der Waals surface area contributed by atoms with Crippen LogP contribution in [-0.2, 0) is 4.74 Å². The van der Waals surface area contributed by atoms with Crippen molar-refractivity contribution in [1.82, 2.24) is 20.2 Å². The van der Waals surface area contributed by atoms with Crippen LogP contribution >= 0.6 is 0 Å². The van der Waals surface area contributed by atoms with Crippen molar-refractivity contribution < 1.29 is 9.47 Å². The molecule has 1 aromatic carbocycles. The van der Waals surface area contributed by atoms with Crippen LogP contribution in [0.25, 0.3) is 11.4 Å². The minimum atomic E-state index is 0.0179. The number of ether oxygens (including phenoxy) is 2. The van der Waals surface area contributed by atoms with Crippen LogP contribution in [0, 0.1) is 5.92 Å². The van der Waals surface area contributed by atoms with E-state index in [-0.39, 0.29) is 6.04 Å². The van der Waals surface area contributed by atoms with E-state index in [1.54, 1.807) is 25.0 Å². The van der Waals surface area contributed by atoms with Crippen LogP contribution in [0.5, 0.6) is 5.75 Å². The maximum absolute atomic E-state index is 6.09. The number of benzene rings is 1. The third kappa shape index (κ3) is 2.97. The molecular weight excluding hydrogens is 270 g/mol. The molecule has 1 aromatic heterocycles. The Balaban J connectivity index is 2.55. The van der Waals surface area contributed by atoms with Gasteiger partial charge in [-0.25, -0.2) is 4.68 Å². The highest BCUT2D eigenvalue weighted by Gasteiger charge is 2.24. The fourth-order valence-corrected chi connectivity index (χ4v) is 2.26. The molecule has 0 aliphatic carbocycles. The molecule has 2 aromatic rings. The van der Waals surface area contributed by atoms with E-state index in [0.29, 0.717) is 35.3 Å². The average Bonchev–Trinajstić information content (AvgIpc) is 2.92. The average molecular weight is 291 g/mol. The molecule has 21 heavy (non-hydrogen) atoms. The number of nitrogens with two attached hydrogens (primary N) is 1. The van der Waals surface area contributed by atoms with Gasteiger partial charge in [-0.3, -0.25) is 0 Å². The second kappa shape index (κ2) is 6.53. The zero-order chi connectivity index (χ0) is 15.4. The summed E-state index contributed by atoms with van der Waals surface area (Å²) in [5.74, 6) is 1.54. The van der Waals surface area contributed by atoms with Crippen LogP contribution in [-0.4, -0.2) is 41.0 Å². The van der Waals surface area contributed by atoms with Crippen LogP contribution < -0.4 is 10.5 Å². The monoisotopic (exact) mass is 291 g/mol. The lowest BCUT2D eigenvalue weighted by Crippen LogP contribution is -2.22. The minimum absolute atomic E-state index is 0.0179. The van der Waals surface area contributed by atoms with Crippen molar-refractivity contribution in [3.63, 3.8) is 0 Å². The van der Waals surface area contributed by atoms with Crippen LogP contribution in [0.2, 0.25) is 0 Å². The number of anilines is 1. The Bertz CT molecular complexity index is 597. The first-order valence-corrected chi connectivity index (χ1v) is 6.79. The summed E-state index contributed by atoms with van der Waals surface area (Å²) in [5.41, 5.74) is 7.36. The molecule has 2 rings (SSSR count). The summed E-state index contributed by atoms with van der Waals surface area (Å²) in [7, 11) is 3.26. The largest absolute Gasteiger partial charge is 0.496 e. The van der Waals surface area contributed by atoms with Crippen molar-refractivity contribution in [2.24, 2.45) is 5.92 Å². The van der Waals surface area contributed by atoms with Crippen LogP contribution in [0.1, 0.15) is 19.9 Å². The summed E-state index contributed by atoms with van der Waals surface area (Å²) in [6.45, 7) is 4.71. The Kier molecular flexibility index (Phi) is 4.74. The van der Waals surface area contributed by atoms with E-state index in [1.807, 2.05) is 12.1 Å². The number of hydrogen-bond acceptors (Lipinski definition) is 6. The van der Waals surface area contributed by atoms with Crippen molar-refractivity contribution in [2.45, 2.75) is 19.9 Å². The SMILES string of the molecule is COCC(C(C)C)n1nnnc1-c1c(N)cccc1OC. The molecule has 0 saturated heterocycles. The van der Waals surface area contributed by atoms with Gasteiger partial charge in [0.25, 0.3) is 0 Å². The van der Waals surface area contributed by atoms with Gasteiger partial charge >= 0.3 is 0 Å². The molecule has 1 atom stereocenters. The molecule has 7 nitrogen and oxygen atoms in total. The quantitative estimate of drug-likeness (QED) is 0.816. The molecule has 0 bridgehead atoms. The van der Waals surface area contributed by atoms with Gasteiger partial charge in [0.15, 0.2) is 5.82 Å². The number of aromatic nitrogens is 4. The Morgan fingerprint density at radius 3 is 2.67 bits per heavy atom. The van der Waals surface area contributed by atoms with E-state index >= 15 is 0 Å². The van der Waals surface area contributed by atoms with Gasteiger partial charge < -0.3 is 15.2 Å². The third-order valence-electron chi connectivity index (χ3n) is 3.42. The van der Waals surface area contributed by atoms with Crippen LogP contribution in [0.3, 0.4) is 0 Å². The Labute approximate surface area is 124 Å². The van der Waals surface area contributed by atoms with E-state index in [0.717, 1.165) is 0 Å². The van der Waals surface area contributed by atoms with Gasteiger partial charge in [-0.15, -0.1) is 5.10 Å². The van der Waals surface area contributed by atoms with Gasteiger partial charge in [0, 0.05) is 12.8 Å². The first kappa shape index (κ1) is 15.2. The summed E-state index contributed by atoms with van der Waals surface area (Å²) in [5, 5.41) is 12.0. The van der Waals surface area contributed by atoms with E-state index in [1.165, 1.54) is 0 Å². The first-order chi connectivity index (χ1) is 10.1. The third-order valence-corrected chi connectivity index (χ3v) is 3.42. The summed E-state index contributed by atoms with van der Waals surface area (Å²) < 4.78 is 12.4. The summed E-state index contributed by atoms with van der Waals surface area (Å²) >= 11 is 0. The molecule has 114 valence electrons. The molecular formula is C14H21N5O2. The number of rotatable bonds is 6. The van der Waals surface area contributed by atoms with E-state index in [4.69, 9.17) is 15.2 Å². The zero-order valence-electron chi connectivity index (χ0n) is 12.8. The first-order valence-electron chi connectivity index (χ1n) is 6.79. The molecule has 2 N–H and O–H groups in total. The predicted molar refractivity (Wildman–Crippen MR) is 80.0 cm³/mol.